The third-order valence-electron chi connectivity index (χ3n) is 3.60. The molecule has 0 spiro atoms. The second-order valence-electron chi connectivity index (χ2n) is 5.31. The zero-order valence-corrected chi connectivity index (χ0v) is 13.1. The number of rotatable bonds is 5. The van der Waals surface area contributed by atoms with Gasteiger partial charge in [0.05, 0.1) is 45.8 Å². The van der Waals surface area contributed by atoms with Gasteiger partial charge in [-0.05, 0) is 13.8 Å². The SMILES string of the molecule is CCOC(=O)N1CC[NH+](CCC(=O)Nc2cc(C)on2)CC1. The lowest BCUT2D eigenvalue weighted by molar-refractivity contribution is -0.903. The summed E-state index contributed by atoms with van der Waals surface area (Å²) in [6.45, 7) is 7.69. The molecule has 22 heavy (non-hydrogen) atoms. The maximum absolute atomic E-state index is 11.8. The molecule has 0 saturated carbocycles. The Labute approximate surface area is 129 Å². The topological polar surface area (TPSA) is 89.1 Å². The average molecular weight is 311 g/mol. The summed E-state index contributed by atoms with van der Waals surface area (Å²) in [6.07, 6.45) is 0.168. The monoisotopic (exact) mass is 311 g/mol. The smallest absolute Gasteiger partial charge is 0.410 e. The fourth-order valence-electron chi connectivity index (χ4n) is 2.39. The van der Waals surface area contributed by atoms with E-state index < -0.39 is 0 Å². The van der Waals surface area contributed by atoms with Gasteiger partial charge in [0.2, 0.25) is 5.91 Å². The van der Waals surface area contributed by atoms with Crippen molar-refractivity contribution in [2.75, 3.05) is 44.6 Å². The Bertz CT molecular complexity index is 509. The lowest BCUT2D eigenvalue weighted by Gasteiger charge is -2.31. The highest BCUT2D eigenvalue weighted by molar-refractivity contribution is 5.89. The number of piperazine rings is 1. The molecule has 1 aromatic heterocycles. The minimum atomic E-state index is -0.249. The van der Waals surface area contributed by atoms with Crippen LogP contribution in [0.1, 0.15) is 19.1 Å². The first-order valence-corrected chi connectivity index (χ1v) is 7.57. The average Bonchev–Trinajstić information content (AvgIpc) is 2.91. The Kier molecular flexibility index (Phi) is 5.76. The Hall–Kier alpha value is -2.09. The van der Waals surface area contributed by atoms with Crippen molar-refractivity contribution in [1.29, 1.82) is 0 Å². The molecule has 0 radical (unpaired) electrons. The first-order chi connectivity index (χ1) is 10.6. The molecular weight excluding hydrogens is 288 g/mol. The van der Waals surface area contributed by atoms with E-state index in [9.17, 15) is 9.59 Å². The first-order valence-electron chi connectivity index (χ1n) is 7.57. The molecule has 2 N–H and O–H groups in total. The largest absolute Gasteiger partial charge is 0.450 e. The van der Waals surface area contributed by atoms with Gasteiger partial charge in [-0.25, -0.2) is 4.79 Å². The van der Waals surface area contributed by atoms with Crippen LogP contribution in [0.2, 0.25) is 0 Å². The third kappa shape index (κ3) is 4.73. The van der Waals surface area contributed by atoms with Gasteiger partial charge in [0.1, 0.15) is 5.76 Å². The molecule has 2 rings (SSSR count). The molecule has 2 heterocycles. The molecule has 1 saturated heterocycles. The number of carbonyl (C=O) groups is 2. The van der Waals surface area contributed by atoms with Crippen LogP contribution in [0, 0.1) is 6.92 Å². The summed E-state index contributed by atoms with van der Waals surface area (Å²) >= 11 is 0. The fraction of sp³-hybridized carbons (Fsp3) is 0.643. The number of hydrogen-bond donors (Lipinski definition) is 2. The summed E-state index contributed by atoms with van der Waals surface area (Å²) < 4.78 is 9.88. The van der Waals surface area contributed by atoms with E-state index in [1.54, 1.807) is 24.8 Å². The van der Waals surface area contributed by atoms with E-state index in [1.165, 1.54) is 4.90 Å². The van der Waals surface area contributed by atoms with Crippen LogP contribution in [0.5, 0.6) is 0 Å². The molecule has 0 bridgehead atoms. The molecular formula is C14H23N4O4+. The zero-order valence-electron chi connectivity index (χ0n) is 13.1. The molecule has 1 aromatic rings. The number of anilines is 1. The quantitative estimate of drug-likeness (QED) is 0.777. The van der Waals surface area contributed by atoms with Crippen molar-refractivity contribution in [2.45, 2.75) is 20.3 Å². The van der Waals surface area contributed by atoms with Gasteiger partial charge in [-0.1, -0.05) is 5.16 Å². The highest BCUT2D eigenvalue weighted by Crippen LogP contribution is 2.06. The number of nitrogens with zero attached hydrogens (tertiary/aromatic N) is 2. The van der Waals surface area contributed by atoms with Gasteiger partial charge in [0.15, 0.2) is 5.82 Å². The van der Waals surface area contributed by atoms with Gasteiger partial charge >= 0.3 is 6.09 Å². The minimum absolute atomic E-state index is 0.0753. The van der Waals surface area contributed by atoms with Gasteiger partial charge < -0.3 is 19.5 Å². The molecule has 0 unspecified atom stereocenters. The molecule has 0 aliphatic carbocycles. The Morgan fingerprint density at radius 2 is 2.18 bits per heavy atom. The Morgan fingerprint density at radius 3 is 2.77 bits per heavy atom. The summed E-state index contributed by atoms with van der Waals surface area (Å²) in [5, 5.41) is 6.43. The van der Waals surface area contributed by atoms with E-state index in [1.807, 2.05) is 0 Å². The summed E-state index contributed by atoms with van der Waals surface area (Å²) in [6, 6.07) is 1.68. The highest BCUT2D eigenvalue weighted by atomic mass is 16.6. The molecule has 122 valence electrons. The van der Waals surface area contributed by atoms with Crippen LogP contribution < -0.4 is 10.2 Å². The molecule has 8 nitrogen and oxygen atoms in total. The second kappa shape index (κ2) is 7.79. The van der Waals surface area contributed by atoms with Gasteiger partial charge in [-0.15, -0.1) is 0 Å². The number of aryl methyl sites for hydroxylation is 1. The summed E-state index contributed by atoms with van der Waals surface area (Å²) in [7, 11) is 0. The highest BCUT2D eigenvalue weighted by Gasteiger charge is 2.24. The Morgan fingerprint density at radius 1 is 1.45 bits per heavy atom. The van der Waals surface area contributed by atoms with E-state index in [-0.39, 0.29) is 12.0 Å². The van der Waals surface area contributed by atoms with Crippen molar-refractivity contribution in [1.82, 2.24) is 10.1 Å². The predicted molar refractivity (Wildman–Crippen MR) is 78.6 cm³/mol. The van der Waals surface area contributed by atoms with Crippen LogP contribution in [-0.2, 0) is 9.53 Å². The summed E-state index contributed by atoms with van der Waals surface area (Å²) in [5.41, 5.74) is 0. The van der Waals surface area contributed by atoms with E-state index >= 15 is 0 Å². The number of aromatic nitrogens is 1. The number of carbonyl (C=O) groups excluding carboxylic acids is 2. The van der Waals surface area contributed by atoms with Crippen LogP contribution in [0.4, 0.5) is 10.6 Å². The van der Waals surface area contributed by atoms with Gasteiger partial charge in [-0.2, -0.15) is 0 Å². The van der Waals surface area contributed by atoms with Crippen molar-refractivity contribution in [3.8, 4) is 0 Å². The van der Waals surface area contributed by atoms with Crippen LogP contribution in [0.25, 0.3) is 0 Å². The molecule has 0 atom stereocenters. The number of hydrogen-bond acceptors (Lipinski definition) is 5. The Balaban J connectivity index is 1.66. The number of nitrogens with one attached hydrogen (secondary N) is 2. The molecule has 2 amide bonds. The molecule has 8 heteroatoms. The van der Waals surface area contributed by atoms with Crippen molar-refractivity contribution < 1.29 is 23.7 Å². The van der Waals surface area contributed by atoms with E-state index in [4.69, 9.17) is 9.26 Å². The predicted octanol–water partition coefficient (Wildman–Crippen LogP) is -0.331. The van der Waals surface area contributed by atoms with E-state index in [0.29, 0.717) is 37.7 Å². The van der Waals surface area contributed by atoms with Crippen LogP contribution >= 0.6 is 0 Å². The molecule has 1 aliphatic heterocycles. The van der Waals surface area contributed by atoms with Crippen LogP contribution in [0.15, 0.2) is 10.6 Å². The molecule has 1 aliphatic rings. The van der Waals surface area contributed by atoms with Crippen molar-refractivity contribution >= 4 is 17.8 Å². The number of ether oxygens (including phenoxy) is 1. The molecule has 1 fully saturated rings. The normalized spacial score (nSPS) is 15.6. The lowest BCUT2D eigenvalue weighted by Crippen LogP contribution is -3.15. The van der Waals surface area contributed by atoms with E-state index in [2.05, 4.69) is 10.5 Å². The molecule has 0 aromatic carbocycles. The first kappa shape index (κ1) is 16.3. The third-order valence-corrected chi connectivity index (χ3v) is 3.60. The van der Waals surface area contributed by atoms with Gasteiger partial charge in [0.25, 0.3) is 0 Å². The lowest BCUT2D eigenvalue weighted by atomic mass is 10.3. The minimum Gasteiger partial charge on any atom is -0.450 e. The zero-order chi connectivity index (χ0) is 15.9. The summed E-state index contributed by atoms with van der Waals surface area (Å²) in [5.74, 6) is 1.04. The maximum Gasteiger partial charge on any atom is 0.410 e. The number of quaternary nitrogens is 1. The summed E-state index contributed by atoms with van der Waals surface area (Å²) in [4.78, 5) is 26.4. The second-order valence-corrected chi connectivity index (χ2v) is 5.31. The standard InChI is InChI=1S/C14H22N4O4/c1-3-21-14(20)18-8-6-17(7-9-18)5-4-13(19)15-12-10-11(2)22-16-12/h10H,3-9H2,1-2H3,(H,15,16,19)/p+1. The van der Waals surface area contributed by atoms with Crippen molar-refractivity contribution in [3.63, 3.8) is 0 Å². The van der Waals surface area contributed by atoms with Crippen molar-refractivity contribution in [3.05, 3.63) is 11.8 Å². The van der Waals surface area contributed by atoms with Gasteiger partial charge in [-0.3, -0.25) is 9.69 Å². The van der Waals surface area contributed by atoms with Crippen molar-refractivity contribution in [2.24, 2.45) is 0 Å². The van der Waals surface area contributed by atoms with Gasteiger partial charge in [0, 0.05) is 6.07 Å². The van der Waals surface area contributed by atoms with Crippen LogP contribution in [-0.4, -0.2) is 61.4 Å². The maximum atomic E-state index is 11.8. The van der Waals surface area contributed by atoms with E-state index in [0.717, 1.165) is 19.6 Å². The number of amides is 2. The van der Waals surface area contributed by atoms with Crippen LogP contribution in [0.3, 0.4) is 0 Å². The fourth-order valence-corrected chi connectivity index (χ4v) is 2.39.